The maximum absolute atomic E-state index is 11.8. The van der Waals surface area contributed by atoms with Gasteiger partial charge >= 0.3 is 0 Å². The van der Waals surface area contributed by atoms with Crippen molar-refractivity contribution in [1.29, 1.82) is 0 Å². The van der Waals surface area contributed by atoms with E-state index in [0.717, 1.165) is 4.47 Å². The van der Waals surface area contributed by atoms with Crippen LogP contribution in [-0.2, 0) is 0 Å². The molecule has 94 valence electrons. The average Bonchev–Trinajstić information content (AvgIpc) is 2.24. The molecule has 1 rings (SSSR count). The summed E-state index contributed by atoms with van der Waals surface area (Å²) in [5, 5.41) is 2.72. The number of amides is 1. The van der Waals surface area contributed by atoms with E-state index in [1.807, 2.05) is 19.9 Å². The summed E-state index contributed by atoms with van der Waals surface area (Å²) < 4.78 is 6.37. The fraction of sp³-hybridized carbons (Fsp3) is 0.417. The summed E-state index contributed by atoms with van der Waals surface area (Å²) in [6.07, 6.45) is 0.0734. The van der Waals surface area contributed by atoms with Gasteiger partial charge in [0.2, 0.25) is 0 Å². The quantitative estimate of drug-likeness (QED) is 0.873. The molecule has 4 nitrogen and oxygen atoms in total. The third kappa shape index (κ3) is 4.75. The third-order valence-corrected chi connectivity index (χ3v) is 2.39. The van der Waals surface area contributed by atoms with Gasteiger partial charge in [0, 0.05) is 23.1 Å². The maximum atomic E-state index is 11.8. The lowest BCUT2D eigenvalue weighted by Crippen LogP contribution is -2.29. The second-order valence-electron chi connectivity index (χ2n) is 3.89. The fourth-order valence-corrected chi connectivity index (χ4v) is 1.79. The Morgan fingerprint density at radius 3 is 2.76 bits per heavy atom. The van der Waals surface area contributed by atoms with Crippen LogP contribution in [0.15, 0.2) is 22.7 Å². The molecule has 0 radical (unpaired) electrons. The van der Waals surface area contributed by atoms with E-state index >= 15 is 0 Å². The van der Waals surface area contributed by atoms with Crippen LogP contribution in [0.5, 0.6) is 5.75 Å². The van der Waals surface area contributed by atoms with Crippen molar-refractivity contribution in [3.05, 3.63) is 28.2 Å². The largest absolute Gasteiger partial charge is 0.491 e. The number of rotatable bonds is 5. The van der Waals surface area contributed by atoms with E-state index in [9.17, 15) is 4.79 Å². The molecule has 0 aromatic heterocycles. The van der Waals surface area contributed by atoms with Gasteiger partial charge in [-0.05, 0) is 32.0 Å². The second kappa shape index (κ2) is 6.61. The molecule has 0 aliphatic rings. The fourth-order valence-electron chi connectivity index (χ4n) is 1.32. The highest BCUT2D eigenvalue weighted by atomic mass is 79.9. The first-order valence-corrected chi connectivity index (χ1v) is 6.27. The van der Waals surface area contributed by atoms with Crippen LogP contribution in [0.3, 0.4) is 0 Å². The predicted octanol–water partition coefficient (Wildman–Crippen LogP) is 1.92. The SMILES string of the molecule is CC(C)Oc1cc(Br)cc(C(=O)NCCN)c1. The Bertz CT molecular complexity index is 394. The van der Waals surface area contributed by atoms with Crippen LogP contribution in [0, 0.1) is 0 Å². The van der Waals surface area contributed by atoms with E-state index in [1.165, 1.54) is 0 Å². The second-order valence-corrected chi connectivity index (χ2v) is 4.80. The van der Waals surface area contributed by atoms with Crippen molar-refractivity contribution in [2.75, 3.05) is 13.1 Å². The van der Waals surface area contributed by atoms with Gasteiger partial charge in [0.1, 0.15) is 5.75 Å². The average molecular weight is 301 g/mol. The number of nitrogens with one attached hydrogen (secondary N) is 1. The minimum absolute atomic E-state index is 0.0734. The maximum Gasteiger partial charge on any atom is 0.251 e. The number of halogens is 1. The van der Waals surface area contributed by atoms with Gasteiger partial charge in [-0.25, -0.2) is 0 Å². The zero-order valence-electron chi connectivity index (χ0n) is 10.00. The molecule has 0 heterocycles. The molecule has 17 heavy (non-hydrogen) atoms. The Labute approximate surface area is 110 Å². The Kier molecular flexibility index (Phi) is 5.44. The smallest absolute Gasteiger partial charge is 0.251 e. The number of hydrogen-bond donors (Lipinski definition) is 2. The minimum atomic E-state index is -0.148. The Morgan fingerprint density at radius 2 is 2.18 bits per heavy atom. The molecule has 0 spiro atoms. The Morgan fingerprint density at radius 1 is 1.47 bits per heavy atom. The van der Waals surface area contributed by atoms with Gasteiger partial charge in [-0.15, -0.1) is 0 Å². The van der Waals surface area contributed by atoms with Gasteiger partial charge in [0.25, 0.3) is 5.91 Å². The molecule has 0 saturated carbocycles. The normalized spacial score (nSPS) is 10.4. The van der Waals surface area contributed by atoms with Gasteiger partial charge in [-0.1, -0.05) is 15.9 Å². The molecule has 0 saturated heterocycles. The summed E-state index contributed by atoms with van der Waals surface area (Å²) in [4.78, 5) is 11.8. The van der Waals surface area contributed by atoms with Crippen LogP contribution in [0.2, 0.25) is 0 Å². The number of carbonyl (C=O) groups excluding carboxylic acids is 1. The van der Waals surface area contributed by atoms with Crippen LogP contribution >= 0.6 is 15.9 Å². The minimum Gasteiger partial charge on any atom is -0.491 e. The van der Waals surface area contributed by atoms with Crippen LogP contribution in [-0.4, -0.2) is 25.1 Å². The van der Waals surface area contributed by atoms with Gasteiger partial charge < -0.3 is 15.8 Å². The van der Waals surface area contributed by atoms with Crippen molar-refractivity contribution in [3.8, 4) is 5.75 Å². The van der Waals surface area contributed by atoms with E-state index in [0.29, 0.717) is 24.4 Å². The van der Waals surface area contributed by atoms with Crippen molar-refractivity contribution < 1.29 is 9.53 Å². The summed E-state index contributed by atoms with van der Waals surface area (Å²) in [6, 6.07) is 5.30. The van der Waals surface area contributed by atoms with E-state index in [-0.39, 0.29) is 12.0 Å². The molecule has 0 unspecified atom stereocenters. The zero-order chi connectivity index (χ0) is 12.8. The molecule has 0 aliphatic carbocycles. The molecule has 1 aromatic carbocycles. The van der Waals surface area contributed by atoms with Crippen LogP contribution < -0.4 is 15.8 Å². The van der Waals surface area contributed by atoms with Crippen LogP contribution in [0.1, 0.15) is 24.2 Å². The number of carbonyl (C=O) groups is 1. The number of nitrogens with two attached hydrogens (primary N) is 1. The molecule has 0 aliphatic heterocycles. The van der Waals surface area contributed by atoms with Crippen LogP contribution in [0.25, 0.3) is 0 Å². The number of benzene rings is 1. The number of hydrogen-bond acceptors (Lipinski definition) is 3. The molecule has 1 amide bonds. The van der Waals surface area contributed by atoms with Gasteiger partial charge in [-0.3, -0.25) is 4.79 Å². The van der Waals surface area contributed by atoms with Gasteiger partial charge in [0.05, 0.1) is 6.10 Å². The van der Waals surface area contributed by atoms with Crippen molar-refractivity contribution >= 4 is 21.8 Å². The van der Waals surface area contributed by atoms with Crippen molar-refractivity contribution in [2.45, 2.75) is 20.0 Å². The molecular weight excluding hydrogens is 284 g/mol. The Hall–Kier alpha value is -1.07. The molecule has 0 bridgehead atoms. The zero-order valence-corrected chi connectivity index (χ0v) is 11.6. The van der Waals surface area contributed by atoms with Crippen molar-refractivity contribution in [3.63, 3.8) is 0 Å². The van der Waals surface area contributed by atoms with E-state index in [2.05, 4.69) is 21.2 Å². The first-order chi connectivity index (χ1) is 8.02. The van der Waals surface area contributed by atoms with Crippen molar-refractivity contribution in [2.24, 2.45) is 5.73 Å². The number of ether oxygens (including phenoxy) is 1. The van der Waals surface area contributed by atoms with Crippen molar-refractivity contribution in [1.82, 2.24) is 5.32 Å². The standard InChI is InChI=1S/C12H17BrN2O2/c1-8(2)17-11-6-9(5-10(13)7-11)12(16)15-4-3-14/h5-8H,3-4,14H2,1-2H3,(H,15,16). The Balaban J connectivity index is 2.85. The van der Waals surface area contributed by atoms with E-state index < -0.39 is 0 Å². The molecule has 5 heteroatoms. The summed E-state index contributed by atoms with van der Waals surface area (Å²) >= 11 is 3.35. The summed E-state index contributed by atoms with van der Waals surface area (Å²) in [7, 11) is 0. The van der Waals surface area contributed by atoms with E-state index in [4.69, 9.17) is 10.5 Å². The highest BCUT2D eigenvalue weighted by Crippen LogP contribution is 2.22. The summed E-state index contributed by atoms with van der Waals surface area (Å²) in [6.45, 7) is 4.77. The van der Waals surface area contributed by atoms with Gasteiger partial charge in [0.15, 0.2) is 0 Å². The highest BCUT2D eigenvalue weighted by molar-refractivity contribution is 9.10. The molecule has 1 aromatic rings. The lowest BCUT2D eigenvalue weighted by Gasteiger charge is -2.11. The molecular formula is C12H17BrN2O2. The monoisotopic (exact) mass is 300 g/mol. The third-order valence-electron chi connectivity index (χ3n) is 1.94. The molecule has 0 atom stereocenters. The first-order valence-electron chi connectivity index (χ1n) is 5.48. The lowest BCUT2D eigenvalue weighted by molar-refractivity contribution is 0.0954. The van der Waals surface area contributed by atoms with Crippen LogP contribution in [0.4, 0.5) is 0 Å². The predicted molar refractivity (Wildman–Crippen MR) is 71.3 cm³/mol. The highest BCUT2D eigenvalue weighted by Gasteiger charge is 2.08. The first kappa shape index (κ1) is 14.0. The molecule has 0 fully saturated rings. The topological polar surface area (TPSA) is 64.3 Å². The lowest BCUT2D eigenvalue weighted by atomic mass is 10.2. The van der Waals surface area contributed by atoms with Gasteiger partial charge in [-0.2, -0.15) is 0 Å². The summed E-state index contributed by atoms with van der Waals surface area (Å²) in [5.74, 6) is 0.526. The molecule has 3 N–H and O–H groups in total. The van der Waals surface area contributed by atoms with E-state index in [1.54, 1.807) is 12.1 Å². The summed E-state index contributed by atoms with van der Waals surface area (Å²) in [5.41, 5.74) is 5.89.